The number of hydrogen-bond donors (Lipinski definition) is 0. The topological polar surface area (TPSA) is 30.2 Å². The van der Waals surface area contributed by atoms with E-state index in [0.717, 1.165) is 0 Å². The van der Waals surface area contributed by atoms with Crippen LogP contribution < -0.4 is 0 Å². The molecule has 0 unspecified atom stereocenters. The summed E-state index contributed by atoms with van der Waals surface area (Å²) in [5.74, 6) is -0.538. The molecule has 2 rings (SSSR count). The Kier molecular flexibility index (Phi) is 1.81. The lowest BCUT2D eigenvalue weighted by Crippen LogP contribution is -1.75. The molecule has 0 fully saturated rings. The molecule has 0 amide bonds. The van der Waals surface area contributed by atoms with E-state index in [0.29, 0.717) is 11.7 Å². The van der Waals surface area contributed by atoms with Gasteiger partial charge in [0.2, 0.25) is 0 Å². The van der Waals surface area contributed by atoms with Crippen LogP contribution in [0.2, 0.25) is 5.02 Å². The molecule has 1 aromatic carbocycles. The highest BCUT2D eigenvalue weighted by molar-refractivity contribution is 6.31. The molecule has 0 aliphatic heterocycles. The summed E-state index contributed by atoms with van der Waals surface area (Å²) in [5, 5.41) is 0.517. The molecule has 66 valence electrons. The maximum absolute atomic E-state index is 13.2. The van der Waals surface area contributed by atoms with Crippen molar-refractivity contribution in [2.24, 2.45) is 0 Å². The fraction of sp³-hybridized carbons (Fsp3) is 0. The van der Waals surface area contributed by atoms with Gasteiger partial charge in [-0.1, -0.05) is 11.6 Å². The van der Waals surface area contributed by atoms with Gasteiger partial charge < -0.3 is 4.42 Å². The van der Waals surface area contributed by atoms with E-state index >= 15 is 0 Å². The van der Waals surface area contributed by atoms with E-state index < -0.39 is 5.82 Å². The summed E-state index contributed by atoms with van der Waals surface area (Å²) in [7, 11) is 0. The van der Waals surface area contributed by atoms with E-state index in [1.54, 1.807) is 6.07 Å². The molecule has 0 radical (unpaired) electrons. The van der Waals surface area contributed by atoms with Gasteiger partial charge in [0.25, 0.3) is 0 Å². The highest BCUT2D eigenvalue weighted by Gasteiger charge is 2.10. The van der Waals surface area contributed by atoms with Crippen LogP contribution in [0.1, 0.15) is 10.6 Å². The summed E-state index contributed by atoms with van der Waals surface area (Å²) in [6, 6.07) is 4.47. The first-order valence-electron chi connectivity index (χ1n) is 3.55. The average molecular weight is 199 g/mol. The van der Waals surface area contributed by atoms with E-state index in [2.05, 4.69) is 0 Å². The van der Waals surface area contributed by atoms with Crippen molar-refractivity contribution < 1.29 is 13.6 Å². The summed E-state index contributed by atoms with van der Waals surface area (Å²) in [6.45, 7) is 0. The molecular weight excluding hydrogens is 195 g/mol. The molecule has 0 spiro atoms. The summed E-state index contributed by atoms with van der Waals surface area (Å²) in [6.07, 6.45) is 0.521. The number of benzene rings is 1. The van der Waals surface area contributed by atoms with Gasteiger partial charge in [0, 0.05) is 5.39 Å². The van der Waals surface area contributed by atoms with Gasteiger partial charge in [-0.2, -0.15) is 0 Å². The molecule has 0 saturated heterocycles. The molecule has 4 heteroatoms. The van der Waals surface area contributed by atoms with Crippen molar-refractivity contribution in [2.75, 3.05) is 0 Å². The molecule has 1 aromatic heterocycles. The predicted molar refractivity (Wildman–Crippen MR) is 46.6 cm³/mol. The lowest BCUT2D eigenvalue weighted by Gasteiger charge is -1.92. The molecule has 1 heterocycles. The van der Waals surface area contributed by atoms with Gasteiger partial charge in [0.1, 0.15) is 0 Å². The Labute approximate surface area is 77.9 Å². The Balaban J connectivity index is 2.83. The number of halogens is 2. The van der Waals surface area contributed by atoms with Crippen molar-refractivity contribution in [3.05, 3.63) is 34.8 Å². The van der Waals surface area contributed by atoms with Crippen LogP contribution in [0.4, 0.5) is 4.39 Å². The fourth-order valence-corrected chi connectivity index (χ4v) is 1.27. The smallest absolute Gasteiger partial charge is 0.185 e. The third-order valence-electron chi connectivity index (χ3n) is 1.71. The number of fused-ring (bicyclic) bond motifs is 1. The molecule has 0 aliphatic rings. The van der Waals surface area contributed by atoms with Gasteiger partial charge in [-0.05, 0) is 18.2 Å². The zero-order chi connectivity index (χ0) is 9.42. The fourth-order valence-electron chi connectivity index (χ4n) is 1.12. The summed E-state index contributed by atoms with van der Waals surface area (Å²) >= 11 is 5.52. The number of rotatable bonds is 1. The van der Waals surface area contributed by atoms with E-state index in [9.17, 15) is 9.18 Å². The van der Waals surface area contributed by atoms with E-state index in [1.807, 2.05) is 0 Å². The standard InChI is InChI=1S/C9H4ClFO2/c10-7-2-1-5-3-6(4-12)13-9(5)8(7)11/h1-4H. The Bertz CT molecular complexity index is 476. The predicted octanol–water partition coefficient (Wildman–Crippen LogP) is 3.04. The summed E-state index contributed by atoms with van der Waals surface area (Å²) < 4.78 is 18.1. The molecule has 0 atom stereocenters. The Hall–Kier alpha value is -1.35. The molecule has 2 aromatic rings. The lowest BCUT2D eigenvalue weighted by molar-refractivity contribution is 0.110. The zero-order valence-electron chi connectivity index (χ0n) is 6.38. The Morgan fingerprint density at radius 2 is 2.23 bits per heavy atom. The van der Waals surface area contributed by atoms with Crippen molar-refractivity contribution >= 4 is 28.9 Å². The van der Waals surface area contributed by atoms with Crippen LogP contribution in [-0.4, -0.2) is 6.29 Å². The quantitative estimate of drug-likeness (QED) is 0.660. The summed E-state index contributed by atoms with van der Waals surface area (Å²) in [4.78, 5) is 10.3. The second-order valence-electron chi connectivity index (χ2n) is 2.55. The van der Waals surface area contributed by atoms with E-state index in [4.69, 9.17) is 16.0 Å². The number of hydrogen-bond acceptors (Lipinski definition) is 2. The monoisotopic (exact) mass is 198 g/mol. The first-order chi connectivity index (χ1) is 6.22. The van der Waals surface area contributed by atoms with Crippen LogP contribution in [0.15, 0.2) is 22.6 Å². The molecule has 0 N–H and O–H groups in total. The number of aldehydes is 1. The normalized spacial score (nSPS) is 10.6. The molecular formula is C9H4ClFO2. The van der Waals surface area contributed by atoms with Gasteiger partial charge in [-0.25, -0.2) is 4.39 Å². The van der Waals surface area contributed by atoms with Crippen molar-refractivity contribution in [3.8, 4) is 0 Å². The Morgan fingerprint density at radius 1 is 1.46 bits per heavy atom. The summed E-state index contributed by atoms with van der Waals surface area (Å²) in [5.41, 5.74) is 0.0228. The van der Waals surface area contributed by atoms with Gasteiger partial charge in [-0.3, -0.25) is 4.79 Å². The number of carbonyl (C=O) groups is 1. The van der Waals surface area contributed by atoms with Gasteiger partial charge in [-0.15, -0.1) is 0 Å². The number of carbonyl (C=O) groups excluding carboxylic acids is 1. The van der Waals surface area contributed by atoms with Crippen molar-refractivity contribution in [1.29, 1.82) is 0 Å². The van der Waals surface area contributed by atoms with E-state index in [1.165, 1.54) is 12.1 Å². The SMILES string of the molecule is O=Cc1cc2ccc(Cl)c(F)c2o1. The minimum absolute atomic E-state index is 0.0145. The van der Waals surface area contributed by atoms with Crippen molar-refractivity contribution in [1.82, 2.24) is 0 Å². The maximum atomic E-state index is 13.2. The highest BCUT2D eigenvalue weighted by Crippen LogP contribution is 2.26. The first kappa shape index (κ1) is 8.26. The van der Waals surface area contributed by atoms with Crippen LogP contribution in [0.3, 0.4) is 0 Å². The third-order valence-corrected chi connectivity index (χ3v) is 2.01. The minimum Gasteiger partial charge on any atom is -0.450 e. The van der Waals surface area contributed by atoms with Crippen LogP contribution in [0.5, 0.6) is 0 Å². The molecule has 13 heavy (non-hydrogen) atoms. The van der Waals surface area contributed by atoms with Crippen LogP contribution in [0.25, 0.3) is 11.0 Å². The van der Waals surface area contributed by atoms with Crippen molar-refractivity contribution in [3.63, 3.8) is 0 Å². The van der Waals surface area contributed by atoms with Gasteiger partial charge in [0.05, 0.1) is 5.02 Å². The molecule has 0 bridgehead atoms. The van der Waals surface area contributed by atoms with Crippen LogP contribution in [-0.2, 0) is 0 Å². The van der Waals surface area contributed by atoms with Crippen LogP contribution >= 0.6 is 11.6 Å². The molecule has 0 saturated carbocycles. The molecule has 0 aliphatic carbocycles. The lowest BCUT2D eigenvalue weighted by atomic mass is 10.2. The Morgan fingerprint density at radius 3 is 2.92 bits per heavy atom. The largest absolute Gasteiger partial charge is 0.450 e. The van der Waals surface area contributed by atoms with Crippen LogP contribution in [0, 0.1) is 5.82 Å². The zero-order valence-corrected chi connectivity index (χ0v) is 7.14. The average Bonchev–Trinajstić information content (AvgIpc) is 2.55. The minimum atomic E-state index is -0.632. The van der Waals surface area contributed by atoms with Gasteiger partial charge in [0.15, 0.2) is 23.4 Å². The van der Waals surface area contributed by atoms with Crippen molar-refractivity contribution in [2.45, 2.75) is 0 Å². The van der Waals surface area contributed by atoms with E-state index in [-0.39, 0.29) is 16.4 Å². The second-order valence-corrected chi connectivity index (χ2v) is 2.95. The first-order valence-corrected chi connectivity index (χ1v) is 3.93. The third kappa shape index (κ3) is 1.21. The maximum Gasteiger partial charge on any atom is 0.185 e. The second kappa shape index (κ2) is 2.85. The number of furan rings is 1. The highest BCUT2D eigenvalue weighted by atomic mass is 35.5. The van der Waals surface area contributed by atoms with Gasteiger partial charge >= 0.3 is 0 Å². The molecule has 2 nitrogen and oxygen atoms in total.